The van der Waals surface area contributed by atoms with Crippen LogP contribution in [0.3, 0.4) is 0 Å². The van der Waals surface area contributed by atoms with Crippen molar-refractivity contribution in [2.24, 2.45) is 0 Å². The number of rotatable bonds is 5. The molecule has 0 saturated heterocycles. The molecule has 0 spiro atoms. The molecule has 1 aliphatic heterocycles. The van der Waals surface area contributed by atoms with Crippen LogP contribution in [-0.4, -0.2) is 10.7 Å². The number of hydrogen-bond donors (Lipinski definition) is 2. The second-order valence-corrected chi connectivity index (χ2v) is 15.0. The highest BCUT2D eigenvalue weighted by Crippen LogP contribution is 2.45. The van der Waals surface area contributed by atoms with Gasteiger partial charge in [0, 0.05) is 43.6 Å². The van der Waals surface area contributed by atoms with Crippen LogP contribution in [0.25, 0.3) is 93.9 Å². The largest absolute Gasteiger partial charge is 0.456 e. The fourth-order valence-electron chi connectivity index (χ4n) is 9.09. The first-order chi connectivity index (χ1) is 28.3. The Labute approximate surface area is 328 Å². The zero-order valence-corrected chi connectivity index (χ0v) is 30.9. The van der Waals surface area contributed by atoms with Crippen molar-refractivity contribution < 1.29 is 8.83 Å². The Morgan fingerprint density at radius 3 is 2.02 bits per heavy atom. The summed E-state index contributed by atoms with van der Waals surface area (Å²) in [6.07, 6.45) is 8.59. The fourth-order valence-corrected chi connectivity index (χ4v) is 9.09. The van der Waals surface area contributed by atoms with Crippen molar-refractivity contribution in [2.75, 3.05) is 0 Å². The van der Waals surface area contributed by atoms with Gasteiger partial charge in [0.05, 0.1) is 33.5 Å². The quantitative estimate of drug-likeness (QED) is 0.173. The topological polar surface area (TPSA) is 55.3 Å². The third kappa shape index (κ3) is 4.96. The summed E-state index contributed by atoms with van der Waals surface area (Å²) in [5, 5.41) is 14.2. The lowest BCUT2D eigenvalue weighted by Gasteiger charge is -2.30. The maximum absolute atomic E-state index is 6.93. The Balaban J connectivity index is 1.04. The van der Waals surface area contributed by atoms with Crippen LogP contribution < -0.4 is 10.6 Å². The highest BCUT2D eigenvalue weighted by Gasteiger charge is 2.24. The molecule has 5 nitrogen and oxygen atoms in total. The van der Waals surface area contributed by atoms with E-state index in [9.17, 15) is 0 Å². The molecule has 5 heteroatoms. The molecule has 0 saturated carbocycles. The van der Waals surface area contributed by atoms with E-state index in [1.165, 1.54) is 16.3 Å². The van der Waals surface area contributed by atoms with Crippen LogP contribution in [-0.2, 0) is 0 Å². The summed E-state index contributed by atoms with van der Waals surface area (Å²) in [5.41, 5.74) is 17.9. The molecule has 270 valence electrons. The van der Waals surface area contributed by atoms with Crippen LogP contribution in [0, 0.1) is 0 Å². The molecule has 4 heterocycles. The molecule has 0 radical (unpaired) electrons. The maximum Gasteiger partial charge on any atom is 0.143 e. The molecule has 1 atom stereocenters. The highest BCUT2D eigenvalue weighted by atomic mass is 16.3. The van der Waals surface area contributed by atoms with Crippen molar-refractivity contribution in [2.45, 2.75) is 19.0 Å². The summed E-state index contributed by atoms with van der Waals surface area (Å²) in [7, 11) is 0. The lowest BCUT2D eigenvalue weighted by Crippen LogP contribution is -2.44. The Hall–Kier alpha value is -7.46. The molecule has 1 unspecified atom stereocenters. The number of nitrogens with zero attached hydrogens (tertiary/aromatic N) is 1. The average molecular weight is 734 g/mol. The van der Waals surface area contributed by atoms with Crippen LogP contribution in [0.1, 0.15) is 24.0 Å². The second kappa shape index (κ2) is 12.5. The minimum atomic E-state index is -0.0444. The molecular formula is C52H35N3O2. The van der Waals surface area contributed by atoms with E-state index >= 15 is 0 Å². The molecule has 0 amide bonds. The summed E-state index contributed by atoms with van der Waals surface area (Å²) in [5.74, 6) is 0. The van der Waals surface area contributed by atoms with Crippen molar-refractivity contribution in [3.8, 4) is 16.8 Å². The van der Waals surface area contributed by atoms with Gasteiger partial charge >= 0.3 is 0 Å². The van der Waals surface area contributed by atoms with E-state index in [0.29, 0.717) is 0 Å². The summed E-state index contributed by atoms with van der Waals surface area (Å²) >= 11 is 0. The summed E-state index contributed by atoms with van der Waals surface area (Å²) in [6, 6.07) is 53.5. The minimum absolute atomic E-state index is 0.0444. The Morgan fingerprint density at radius 2 is 1.23 bits per heavy atom. The van der Waals surface area contributed by atoms with Crippen LogP contribution in [0.5, 0.6) is 0 Å². The third-order valence-corrected chi connectivity index (χ3v) is 11.7. The zero-order chi connectivity index (χ0) is 37.5. The number of nitrogens with one attached hydrogen (secondary N) is 2. The lowest BCUT2D eigenvalue weighted by atomic mass is 9.96. The summed E-state index contributed by atoms with van der Waals surface area (Å²) in [6.45, 7) is 0. The minimum Gasteiger partial charge on any atom is -0.456 e. The van der Waals surface area contributed by atoms with Gasteiger partial charge in [-0.05, 0) is 66.4 Å². The van der Waals surface area contributed by atoms with Gasteiger partial charge < -0.3 is 24.0 Å². The van der Waals surface area contributed by atoms with E-state index in [4.69, 9.17) is 8.83 Å². The monoisotopic (exact) mass is 733 g/mol. The number of furan rings is 2. The van der Waals surface area contributed by atoms with Gasteiger partial charge in [0.15, 0.2) is 0 Å². The van der Waals surface area contributed by atoms with Crippen molar-refractivity contribution in [3.63, 3.8) is 0 Å². The standard InChI is InChI=1S/C52H35N3O2/c1-3-14-32(15-4-1)41-31-42(54-52(53-41)33-16-5-2-6-17-33)34-28-29-37-39-21-11-22-40(51(39)57-48(37)30-34)38-20-12-26-46-49(38)50-45(25-13-27-47(50)56-46)55-43-23-9-7-18-35(43)36-19-8-10-24-44(36)55/h1-5,7-16,18-30,52-54H,6,17H2. The van der Waals surface area contributed by atoms with Gasteiger partial charge in [0.25, 0.3) is 0 Å². The second-order valence-electron chi connectivity index (χ2n) is 15.0. The van der Waals surface area contributed by atoms with Gasteiger partial charge in [-0.2, -0.15) is 0 Å². The van der Waals surface area contributed by atoms with Crippen molar-refractivity contribution in [1.29, 1.82) is 0 Å². The zero-order valence-electron chi connectivity index (χ0n) is 30.9. The van der Waals surface area contributed by atoms with Gasteiger partial charge in [0.2, 0.25) is 0 Å². The van der Waals surface area contributed by atoms with Crippen LogP contribution in [0.4, 0.5) is 0 Å². The van der Waals surface area contributed by atoms with E-state index in [1.54, 1.807) is 0 Å². The summed E-state index contributed by atoms with van der Waals surface area (Å²) < 4.78 is 16.0. The molecule has 0 fully saturated rings. The Bertz CT molecular complexity index is 3350. The fraction of sp³-hybridized carbons (Fsp3) is 0.0577. The van der Waals surface area contributed by atoms with E-state index < -0.39 is 0 Å². The number of allylic oxidation sites excluding steroid dienone is 3. The predicted molar refractivity (Wildman–Crippen MR) is 234 cm³/mol. The number of aromatic nitrogens is 1. The lowest BCUT2D eigenvalue weighted by molar-refractivity contribution is 0.595. The smallest absolute Gasteiger partial charge is 0.143 e. The molecular weight excluding hydrogens is 699 g/mol. The SMILES string of the molecule is C1=C(c2ccccc2)NC(C2=CC=CCC2)NC=1c1ccc2c(c1)oc1c(-c3cccc4oc5cccc(-n6c7ccccc7c7ccccc76)c5c34)cccc12. The molecule has 10 aromatic rings. The molecule has 1 aliphatic carbocycles. The molecule has 0 bridgehead atoms. The molecule has 2 N–H and O–H groups in total. The molecule has 12 rings (SSSR count). The number of hydrogen-bond acceptors (Lipinski definition) is 4. The van der Waals surface area contributed by atoms with E-state index in [-0.39, 0.29) is 6.17 Å². The van der Waals surface area contributed by atoms with E-state index in [0.717, 1.165) is 107 Å². The van der Waals surface area contributed by atoms with Crippen LogP contribution in [0.2, 0.25) is 0 Å². The van der Waals surface area contributed by atoms with Crippen molar-refractivity contribution >= 4 is 77.1 Å². The Morgan fingerprint density at radius 1 is 0.544 bits per heavy atom. The average Bonchev–Trinajstić information content (AvgIpc) is 3.96. The normalized spacial score (nSPS) is 15.6. The summed E-state index contributed by atoms with van der Waals surface area (Å²) in [4.78, 5) is 0. The molecule has 7 aromatic carbocycles. The first-order valence-corrected chi connectivity index (χ1v) is 19.6. The van der Waals surface area contributed by atoms with Gasteiger partial charge in [-0.15, -0.1) is 0 Å². The highest BCUT2D eigenvalue weighted by molar-refractivity contribution is 6.20. The molecule has 57 heavy (non-hydrogen) atoms. The van der Waals surface area contributed by atoms with Gasteiger partial charge in [-0.25, -0.2) is 0 Å². The van der Waals surface area contributed by atoms with Gasteiger partial charge in [-0.3, -0.25) is 0 Å². The first-order valence-electron chi connectivity index (χ1n) is 19.6. The van der Waals surface area contributed by atoms with Crippen molar-refractivity contribution in [3.05, 3.63) is 192 Å². The predicted octanol–water partition coefficient (Wildman–Crippen LogP) is 13.0. The van der Waals surface area contributed by atoms with Crippen LogP contribution >= 0.6 is 0 Å². The molecule has 3 aromatic heterocycles. The molecule has 2 aliphatic rings. The first kappa shape index (κ1) is 31.8. The van der Waals surface area contributed by atoms with Gasteiger partial charge in [-0.1, -0.05) is 133 Å². The third-order valence-electron chi connectivity index (χ3n) is 11.7. The van der Waals surface area contributed by atoms with E-state index in [2.05, 4.69) is 185 Å². The Kier molecular flexibility index (Phi) is 7.01. The number of para-hydroxylation sites is 3. The van der Waals surface area contributed by atoms with Gasteiger partial charge in [0.1, 0.15) is 28.5 Å². The van der Waals surface area contributed by atoms with E-state index in [1.807, 2.05) is 6.07 Å². The number of fused-ring (bicyclic) bond motifs is 9. The maximum atomic E-state index is 6.93. The number of benzene rings is 7. The van der Waals surface area contributed by atoms with Crippen molar-refractivity contribution in [1.82, 2.24) is 15.2 Å². The van der Waals surface area contributed by atoms with Crippen LogP contribution in [0.15, 0.2) is 190 Å².